The van der Waals surface area contributed by atoms with Crippen molar-refractivity contribution in [1.29, 1.82) is 5.26 Å². The van der Waals surface area contributed by atoms with Crippen LogP contribution in [-0.2, 0) is 4.74 Å². The quantitative estimate of drug-likeness (QED) is 0.671. The molecule has 4 fully saturated rings. The molecule has 0 bridgehead atoms. The smallest absolute Gasteiger partial charge is 0.102 e. The van der Waals surface area contributed by atoms with Crippen molar-refractivity contribution in [3.05, 3.63) is 18.0 Å². The van der Waals surface area contributed by atoms with Crippen LogP contribution in [0.2, 0.25) is 0 Å². The molecule has 0 aromatic carbocycles. The van der Waals surface area contributed by atoms with E-state index in [1.54, 1.807) is 6.20 Å². The monoisotopic (exact) mass is 439 g/mol. The molecule has 5 heteroatoms. The maximum atomic E-state index is 11.1. The van der Waals surface area contributed by atoms with Gasteiger partial charge in [0.1, 0.15) is 6.07 Å². The second-order valence-electron chi connectivity index (χ2n) is 11.8. The first-order valence-corrected chi connectivity index (χ1v) is 13.1. The molecule has 5 nitrogen and oxygen atoms in total. The summed E-state index contributed by atoms with van der Waals surface area (Å²) in [7, 11) is 0. The van der Waals surface area contributed by atoms with Gasteiger partial charge in [-0.1, -0.05) is 6.92 Å². The Hall–Kier alpha value is -1.38. The van der Waals surface area contributed by atoms with Crippen LogP contribution in [0.3, 0.4) is 0 Å². The Kier molecular flexibility index (Phi) is 5.91. The van der Waals surface area contributed by atoms with E-state index in [0.717, 1.165) is 36.5 Å². The Morgan fingerprint density at radius 1 is 1.19 bits per heavy atom. The molecule has 0 saturated heterocycles. The van der Waals surface area contributed by atoms with E-state index < -0.39 is 5.60 Å². The lowest BCUT2D eigenvalue weighted by molar-refractivity contribution is -0.129. The van der Waals surface area contributed by atoms with Crippen LogP contribution < -0.4 is 0 Å². The van der Waals surface area contributed by atoms with E-state index in [2.05, 4.69) is 29.7 Å². The van der Waals surface area contributed by atoms with Crippen LogP contribution in [-0.4, -0.2) is 33.7 Å². The molecule has 176 valence electrons. The van der Waals surface area contributed by atoms with E-state index in [4.69, 9.17) is 4.74 Å². The molecule has 1 aromatic heterocycles. The fourth-order valence-corrected chi connectivity index (χ4v) is 9.02. The molecule has 0 radical (unpaired) electrons. The average molecular weight is 440 g/mol. The van der Waals surface area contributed by atoms with Gasteiger partial charge in [0.05, 0.1) is 30.0 Å². The van der Waals surface area contributed by atoms with Gasteiger partial charge in [0.15, 0.2) is 0 Å². The Labute approximate surface area is 193 Å². The van der Waals surface area contributed by atoms with Crippen molar-refractivity contribution in [1.82, 2.24) is 9.78 Å². The third-order valence-electron chi connectivity index (χ3n) is 10.5. The Morgan fingerprint density at radius 2 is 2.00 bits per heavy atom. The lowest BCUT2D eigenvalue weighted by atomic mass is 9.48. The highest BCUT2D eigenvalue weighted by Gasteiger charge is 2.58. The number of rotatable bonds is 5. The number of nitriles is 1. The van der Waals surface area contributed by atoms with Crippen LogP contribution >= 0.6 is 0 Å². The van der Waals surface area contributed by atoms with Crippen LogP contribution in [0.5, 0.6) is 0 Å². The highest BCUT2D eigenvalue weighted by Crippen LogP contribution is 2.66. The first kappa shape index (κ1) is 22.4. The third kappa shape index (κ3) is 3.62. The van der Waals surface area contributed by atoms with Gasteiger partial charge in [-0.25, -0.2) is 0 Å². The van der Waals surface area contributed by atoms with Gasteiger partial charge in [-0.3, -0.25) is 4.68 Å². The summed E-state index contributed by atoms with van der Waals surface area (Å²) in [6.07, 6.45) is 14.6. The molecule has 0 spiro atoms. The summed E-state index contributed by atoms with van der Waals surface area (Å²) in [4.78, 5) is 0. The molecule has 5 rings (SSSR count). The topological polar surface area (TPSA) is 71.1 Å². The number of hydrogen-bond donors (Lipinski definition) is 1. The van der Waals surface area contributed by atoms with E-state index in [1.807, 2.05) is 13.1 Å². The average Bonchev–Trinajstić information content (AvgIpc) is 3.41. The fraction of sp³-hybridized carbons (Fsp3) is 0.852. The maximum Gasteiger partial charge on any atom is 0.102 e. The first-order chi connectivity index (χ1) is 15.4. The highest BCUT2D eigenvalue weighted by atomic mass is 16.5. The van der Waals surface area contributed by atoms with Crippen molar-refractivity contribution in [3.63, 3.8) is 0 Å². The van der Waals surface area contributed by atoms with Gasteiger partial charge in [-0.2, -0.15) is 10.4 Å². The summed E-state index contributed by atoms with van der Waals surface area (Å²) in [5.41, 5.74) is 0.462. The third-order valence-corrected chi connectivity index (χ3v) is 10.5. The molecule has 4 aliphatic rings. The van der Waals surface area contributed by atoms with Crippen molar-refractivity contribution in [3.8, 4) is 6.07 Å². The normalized spacial score (nSPS) is 44.2. The molecule has 32 heavy (non-hydrogen) atoms. The van der Waals surface area contributed by atoms with Gasteiger partial charge in [0.25, 0.3) is 0 Å². The SMILES string of the molecule is CCOC[C@@]1(O)CC[C@H]2C(CC[C@@H]3[C@@H]2CC[C@]2(C)[C@@H]([C@@H](C)n4cc(C#N)cn4)CC[C@@H]32)C1. The molecule has 4 aliphatic carbocycles. The van der Waals surface area contributed by atoms with Crippen molar-refractivity contribution in [2.24, 2.45) is 40.9 Å². The lowest BCUT2D eigenvalue weighted by Crippen LogP contribution is -2.52. The second kappa shape index (κ2) is 8.44. The molecular formula is C27H41N3O2. The van der Waals surface area contributed by atoms with E-state index in [-0.39, 0.29) is 0 Å². The molecule has 1 unspecified atom stereocenters. The Bertz CT molecular complexity index is 861. The lowest BCUT2D eigenvalue weighted by Gasteiger charge is -2.57. The maximum absolute atomic E-state index is 11.1. The number of ether oxygens (including phenoxy) is 1. The van der Waals surface area contributed by atoms with Crippen LogP contribution in [0.25, 0.3) is 0 Å². The molecule has 1 aromatic rings. The minimum Gasteiger partial charge on any atom is -0.387 e. The first-order valence-electron chi connectivity index (χ1n) is 13.1. The van der Waals surface area contributed by atoms with Crippen LogP contribution in [0, 0.1) is 52.3 Å². The number of aliphatic hydroxyl groups is 1. The van der Waals surface area contributed by atoms with Gasteiger partial charge < -0.3 is 9.84 Å². The second-order valence-corrected chi connectivity index (χ2v) is 11.8. The fourth-order valence-electron chi connectivity index (χ4n) is 9.02. The molecule has 1 heterocycles. The van der Waals surface area contributed by atoms with E-state index in [9.17, 15) is 10.4 Å². The summed E-state index contributed by atoms with van der Waals surface area (Å²) in [5.74, 6) is 4.67. The van der Waals surface area contributed by atoms with Crippen LogP contribution in [0.4, 0.5) is 0 Å². The summed E-state index contributed by atoms with van der Waals surface area (Å²) < 4.78 is 7.69. The number of fused-ring (bicyclic) bond motifs is 5. The van der Waals surface area contributed by atoms with E-state index >= 15 is 0 Å². The zero-order chi connectivity index (χ0) is 22.5. The van der Waals surface area contributed by atoms with Crippen LogP contribution in [0.1, 0.15) is 90.2 Å². The van der Waals surface area contributed by atoms with Crippen molar-refractivity contribution >= 4 is 0 Å². The zero-order valence-corrected chi connectivity index (χ0v) is 20.2. The largest absolute Gasteiger partial charge is 0.387 e. The summed E-state index contributed by atoms with van der Waals surface area (Å²) >= 11 is 0. The van der Waals surface area contributed by atoms with Gasteiger partial charge in [0.2, 0.25) is 0 Å². The molecule has 0 aliphatic heterocycles. The standard InChI is InChI=1S/C27H41N3O2/c1-4-32-17-27(31)12-10-21-20(13-27)5-6-23-22(21)9-11-26(3)24(7-8-25(23)26)18(2)30-16-19(14-28)15-29-30/h15-16,18,20-25,31H,4-13,17H2,1-3H3/t18-,20?,21+,22-,23-,24-,25+,26-,27-/m1/s1. The summed E-state index contributed by atoms with van der Waals surface area (Å²) in [6.45, 7) is 8.11. The minimum atomic E-state index is -0.590. The van der Waals surface area contributed by atoms with E-state index in [1.165, 1.54) is 44.9 Å². The van der Waals surface area contributed by atoms with Gasteiger partial charge in [-0.05, 0) is 113 Å². The minimum absolute atomic E-state index is 0.350. The predicted octanol–water partition coefficient (Wildman–Crippen LogP) is 5.35. The molecule has 9 atom stereocenters. The van der Waals surface area contributed by atoms with Crippen LogP contribution in [0.15, 0.2) is 12.4 Å². The number of aromatic nitrogens is 2. The van der Waals surface area contributed by atoms with E-state index in [0.29, 0.717) is 42.1 Å². The van der Waals surface area contributed by atoms with Gasteiger partial charge >= 0.3 is 0 Å². The Balaban J connectivity index is 1.30. The van der Waals surface area contributed by atoms with Gasteiger partial charge in [-0.15, -0.1) is 0 Å². The summed E-state index contributed by atoms with van der Waals surface area (Å²) in [6, 6.07) is 2.58. The Morgan fingerprint density at radius 3 is 2.75 bits per heavy atom. The number of nitrogens with zero attached hydrogens (tertiary/aromatic N) is 3. The molecule has 4 saturated carbocycles. The van der Waals surface area contributed by atoms with Gasteiger partial charge in [0, 0.05) is 12.8 Å². The predicted molar refractivity (Wildman–Crippen MR) is 124 cm³/mol. The zero-order valence-electron chi connectivity index (χ0n) is 20.2. The van der Waals surface area contributed by atoms with Crippen molar-refractivity contribution in [2.45, 2.75) is 90.2 Å². The van der Waals surface area contributed by atoms with Crippen molar-refractivity contribution < 1.29 is 9.84 Å². The highest BCUT2D eigenvalue weighted by molar-refractivity contribution is 5.22. The molecule has 1 N–H and O–H groups in total. The van der Waals surface area contributed by atoms with Crippen molar-refractivity contribution in [2.75, 3.05) is 13.2 Å². The molecule has 0 amide bonds. The summed E-state index contributed by atoms with van der Waals surface area (Å²) in [5, 5.41) is 24.8. The molecular weight excluding hydrogens is 398 g/mol. The number of hydrogen-bond acceptors (Lipinski definition) is 4.